The lowest BCUT2D eigenvalue weighted by atomic mass is 10.1. The number of hydrogen-bond acceptors (Lipinski definition) is 6. The first kappa shape index (κ1) is 18.3. The van der Waals surface area contributed by atoms with E-state index in [0.29, 0.717) is 6.79 Å². The molecule has 3 heterocycles. The molecule has 0 radical (unpaired) electrons. The maximum absolute atomic E-state index is 5.50. The molecule has 5 rings (SSSR count). The molecule has 1 saturated heterocycles. The lowest BCUT2D eigenvalue weighted by Crippen LogP contribution is -3.13. The van der Waals surface area contributed by atoms with E-state index < -0.39 is 0 Å². The quantitative estimate of drug-likeness (QED) is 0.700. The highest BCUT2D eigenvalue weighted by Crippen LogP contribution is 2.32. The number of nitrogens with zero attached hydrogens (tertiary/aromatic N) is 2. The Morgan fingerprint density at radius 3 is 2.66 bits per heavy atom. The van der Waals surface area contributed by atoms with Crippen LogP contribution in [0.15, 0.2) is 47.8 Å². The average Bonchev–Trinajstić information content (AvgIpc) is 3.44. The van der Waals surface area contributed by atoms with Crippen LogP contribution in [0.5, 0.6) is 17.2 Å². The molecule has 1 aromatic heterocycles. The van der Waals surface area contributed by atoms with Gasteiger partial charge in [-0.3, -0.25) is 0 Å². The lowest BCUT2D eigenvalue weighted by Gasteiger charge is -2.32. The van der Waals surface area contributed by atoms with Gasteiger partial charge in [0, 0.05) is 16.5 Å². The minimum absolute atomic E-state index is 0.330. The van der Waals surface area contributed by atoms with Gasteiger partial charge in [0.1, 0.15) is 12.3 Å². The van der Waals surface area contributed by atoms with Gasteiger partial charge in [-0.05, 0) is 42.5 Å². The van der Waals surface area contributed by atoms with E-state index in [0.717, 1.165) is 66.4 Å². The molecule has 29 heavy (non-hydrogen) atoms. The van der Waals surface area contributed by atoms with Crippen molar-refractivity contribution < 1.29 is 19.1 Å². The average molecular weight is 411 g/mol. The normalized spacial score (nSPS) is 16.2. The van der Waals surface area contributed by atoms with Gasteiger partial charge < -0.3 is 24.0 Å². The molecule has 0 spiro atoms. The Morgan fingerprint density at radius 1 is 1.07 bits per heavy atom. The molecule has 0 unspecified atom stereocenters. The Kier molecular flexibility index (Phi) is 4.99. The summed E-state index contributed by atoms with van der Waals surface area (Å²) in [5.74, 6) is 2.59. The van der Waals surface area contributed by atoms with Crippen LogP contribution in [-0.2, 0) is 6.54 Å². The zero-order valence-corrected chi connectivity index (χ0v) is 17.2. The zero-order valence-electron chi connectivity index (χ0n) is 16.4. The van der Waals surface area contributed by atoms with Crippen LogP contribution >= 0.6 is 11.3 Å². The molecule has 0 atom stereocenters. The van der Waals surface area contributed by atoms with E-state index in [-0.39, 0.29) is 0 Å². The number of nitrogens with one attached hydrogen (secondary N) is 1. The highest BCUT2D eigenvalue weighted by Gasteiger charge is 2.23. The standard InChI is InChI=1S/C22H23N3O3S/c1-26-18-5-3-17(4-6-18)19-14-29-22(23-19)25-10-8-24(9-11-25)13-16-2-7-20-21(12-16)28-15-27-20/h2-7,12,14H,8-11,13,15H2,1H3/p+1. The Balaban J connectivity index is 1.19. The fourth-order valence-corrected chi connectivity index (χ4v) is 4.72. The number of thiazole rings is 1. The number of hydrogen-bond donors (Lipinski definition) is 1. The third kappa shape index (κ3) is 3.88. The molecule has 6 nitrogen and oxygen atoms in total. The van der Waals surface area contributed by atoms with Gasteiger partial charge in [-0.25, -0.2) is 4.98 Å². The van der Waals surface area contributed by atoms with Crippen molar-refractivity contribution in [2.45, 2.75) is 6.54 Å². The first-order valence-electron chi connectivity index (χ1n) is 9.85. The van der Waals surface area contributed by atoms with E-state index in [9.17, 15) is 0 Å². The van der Waals surface area contributed by atoms with Crippen LogP contribution in [0.1, 0.15) is 5.56 Å². The molecule has 1 N–H and O–H groups in total. The predicted molar refractivity (Wildman–Crippen MR) is 113 cm³/mol. The number of quaternary nitrogens is 1. The Bertz CT molecular complexity index is 981. The van der Waals surface area contributed by atoms with E-state index in [1.165, 1.54) is 5.56 Å². The second-order valence-electron chi connectivity index (χ2n) is 7.35. The van der Waals surface area contributed by atoms with Crippen LogP contribution < -0.4 is 24.0 Å². The molecule has 0 amide bonds. The first-order valence-corrected chi connectivity index (χ1v) is 10.7. The molecule has 2 aromatic carbocycles. The Morgan fingerprint density at radius 2 is 1.86 bits per heavy atom. The molecule has 0 bridgehead atoms. The van der Waals surface area contributed by atoms with Crippen LogP contribution in [0.4, 0.5) is 5.13 Å². The molecule has 1 fully saturated rings. The van der Waals surface area contributed by atoms with Crippen molar-refractivity contribution in [3.05, 3.63) is 53.4 Å². The summed E-state index contributed by atoms with van der Waals surface area (Å²) < 4.78 is 16.1. The van der Waals surface area contributed by atoms with Crippen molar-refractivity contribution in [3.8, 4) is 28.5 Å². The second kappa shape index (κ2) is 7.93. The van der Waals surface area contributed by atoms with E-state index in [1.54, 1.807) is 23.3 Å². The highest BCUT2D eigenvalue weighted by atomic mass is 32.1. The molecular formula is C22H24N3O3S+. The van der Waals surface area contributed by atoms with Gasteiger partial charge in [-0.1, -0.05) is 0 Å². The molecule has 2 aliphatic rings. The van der Waals surface area contributed by atoms with Crippen molar-refractivity contribution in [1.82, 2.24) is 4.98 Å². The minimum Gasteiger partial charge on any atom is -0.497 e. The van der Waals surface area contributed by atoms with Crippen molar-refractivity contribution in [2.24, 2.45) is 0 Å². The summed E-state index contributed by atoms with van der Waals surface area (Å²) in [4.78, 5) is 8.87. The largest absolute Gasteiger partial charge is 0.497 e. The number of anilines is 1. The Labute approximate surface area is 174 Å². The molecule has 7 heteroatoms. The van der Waals surface area contributed by atoms with E-state index >= 15 is 0 Å². The van der Waals surface area contributed by atoms with Crippen LogP contribution in [0.2, 0.25) is 0 Å². The summed E-state index contributed by atoms with van der Waals surface area (Å²) in [7, 11) is 1.68. The highest BCUT2D eigenvalue weighted by molar-refractivity contribution is 7.14. The van der Waals surface area contributed by atoms with E-state index in [1.807, 2.05) is 18.2 Å². The van der Waals surface area contributed by atoms with Crippen molar-refractivity contribution in [3.63, 3.8) is 0 Å². The van der Waals surface area contributed by atoms with Crippen molar-refractivity contribution in [2.75, 3.05) is 45.0 Å². The van der Waals surface area contributed by atoms with Gasteiger partial charge in [0.05, 0.1) is 39.0 Å². The summed E-state index contributed by atoms with van der Waals surface area (Å²) in [5, 5.41) is 3.25. The fourth-order valence-electron chi connectivity index (χ4n) is 3.83. The summed E-state index contributed by atoms with van der Waals surface area (Å²) in [6.45, 7) is 5.60. The summed E-state index contributed by atoms with van der Waals surface area (Å²) in [6, 6.07) is 14.4. The van der Waals surface area contributed by atoms with E-state index in [2.05, 4.69) is 34.5 Å². The van der Waals surface area contributed by atoms with Crippen LogP contribution in [0.3, 0.4) is 0 Å². The number of rotatable bonds is 5. The molecular weight excluding hydrogens is 386 g/mol. The van der Waals surface area contributed by atoms with Crippen LogP contribution in [0, 0.1) is 0 Å². The fraction of sp³-hybridized carbons (Fsp3) is 0.318. The van der Waals surface area contributed by atoms with Crippen molar-refractivity contribution >= 4 is 16.5 Å². The second-order valence-corrected chi connectivity index (χ2v) is 8.18. The monoisotopic (exact) mass is 410 g/mol. The number of fused-ring (bicyclic) bond motifs is 1. The maximum atomic E-state index is 5.50. The topological polar surface area (TPSA) is 48.3 Å². The third-order valence-electron chi connectivity index (χ3n) is 5.51. The zero-order chi connectivity index (χ0) is 19.6. The maximum Gasteiger partial charge on any atom is 0.231 e. The molecule has 3 aromatic rings. The first-order chi connectivity index (χ1) is 14.3. The summed E-state index contributed by atoms with van der Waals surface area (Å²) in [5.41, 5.74) is 3.46. The molecule has 150 valence electrons. The Hall–Kier alpha value is -2.77. The molecule has 0 saturated carbocycles. The lowest BCUT2D eigenvalue weighted by molar-refractivity contribution is -0.914. The van der Waals surface area contributed by atoms with Gasteiger partial charge in [0.2, 0.25) is 6.79 Å². The number of methoxy groups -OCH3 is 1. The van der Waals surface area contributed by atoms with Gasteiger partial charge >= 0.3 is 0 Å². The molecule has 2 aliphatic heterocycles. The van der Waals surface area contributed by atoms with Crippen LogP contribution in [0.25, 0.3) is 11.3 Å². The number of piperazine rings is 1. The van der Waals surface area contributed by atoms with Gasteiger partial charge in [0.25, 0.3) is 0 Å². The van der Waals surface area contributed by atoms with Gasteiger partial charge in [-0.2, -0.15) is 0 Å². The van der Waals surface area contributed by atoms with Crippen molar-refractivity contribution in [1.29, 1.82) is 0 Å². The smallest absolute Gasteiger partial charge is 0.231 e. The summed E-state index contributed by atoms with van der Waals surface area (Å²) in [6.07, 6.45) is 0. The molecule has 0 aliphatic carbocycles. The number of benzene rings is 2. The SMILES string of the molecule is COc1ccc(-c2csc(N3CC[NH+](Cc4ccc5c(c4)OCO5)CC3)n2)cc1. The van der Waals surface area contributed by atoms with Crippen LogP contribution in [-0.4, -0.2) is 45.1 Å². The third-order valence-corrected chi connectivity index (χ3v) is 6.41. The summed E-state index contributed by atoms with van der Waals surface area (Å²) >= 11 is 1.72. The predicted octanol–water partition coefficient (Wildman–Crippen LogP) is 2.45. The number of ether oxygens (including phenoxy) is 3. The minimum atomic E-state index is 0.330. The number of aromatic nitrogens is 1. The van der Waals surface area contributed by atoms with Gasteiger partial charge in [-0.15, -0.1) is 11.3 Å². The van der Waals surface area contributed by atoms with E-state index in [4.69, 9.17) is 19.2 Å². The van der Waals surface area contributed by atoms with Gasteiger partial charge in [0.15, 0.2) is 16.6 Å².